The molecule has 2 fully saturated rings. The lowest BCUT2D eigenvalue weighted by atomic mass is 9.97. The summed E-state index contributed by atoms with van der Waals surface area (Å²) in [5.74, 6) is 0.913. The normalized spacial score (nSPS) is 27.0. The number of fused-ring (bicyclic) bond motifs is 2. The fraction of sp³-hybridized carbons (Fsp3) is 0.643. The van der Waals surface area contributed by atoms with E-state index in [2.05, 4.69) is 36.9 Å². The van der Waals surface area contributed by atoms with Crippen LogP contribution in [0.5, 0.6) is 0 Å². The monoisotopic (exact) mass is 306 g/mol. The quantitative estimate of drug-likeness (QED) is 0.817. The van der Waals surface area contributed by atoms with Crippen molar-refractivity contribution < 1.29 is 0 Å². The number of aromatic amines is 1. The predicted octanol–water partition coefficient (Wildman–Crippen LogP) is 2.07. The minimum Gasteiger partial charge on any atom is -0.350 e. The van der Waals surface area contributed by atoms with Gasteiger partial charge in [-0.05, 0) is 37.9 Å². The van der Waals surface area contributed by atoms with Gasteiger partial charge in [0.25, 0.3) is 0 Å². The molecule has 2 unspecified atom stereocenters. The molecular weight excluding hydrogens is 288 g/mol. The van der Waals surface area contributed by atoms with E-state index >= 15 is 0 Å². The molecule has 7 heteroatoms. The SMILES string of the molecule is CC1CN2CCCCC2CN1c1nc(Cl)nc2[nH]ncc12. The van der Waals surface area contributed by atoms with Gasteiger partial charge in [-0.2, -0.15) is 15.1 Å². The Bertz CT molecular complexity index is 656. The highest BCUT2D eigenvalue weighted by Gasteiger charge is 2.34. The summed E-state index contributed by atoms with van der Waals surface area (Å²) >= 11 is 6.08. The van der Waals surface area contributed by atoms with Crippen molar-refractivity contribution in [3.05, 3.63) is 11.5 Å². The summed E-state index contributed by atoms with van der Waals surface area (Å²) in [6.45, 7) is 5.58. The van der Waals surface area contributed by atoms with Gasteiger partial charge in [-0.25, -0.2) is 0 Å². The molecule has 0 aromatic carbocycles. The molecule has 21 heavy (non-hydrogen) atoms. The Balaban J connectivity index is 1.72. The maximum Gasteiger partial charge on any atom is 0.226 e. The number of nitrogens with zero attached hydrogens (tertiary/aromatic N) is 5. The van der Waals surface area contributed by atoms with E-state index < -0.39 is 0 Å². The highest BCUT2D eigenvalue weighted by molar-refractivity contribution is 6.28. The summed E-state index contributed by atoms with van der Waals surface area (Å²) in [7, 11) is 0. The highest BCUT2D eigenvalue weighted by Crippen LogP contribution is 2.31. The Morgan fingerprint density at radius 2 is 2.19 bits per heavy atom. The minimum atomic E-state index is 0.278. The standard InChI is InChI=1S/C14H19ClN6/c1-9-7-20-5-3-2-4-10(20)8-21(9)13-11-6-16-19-12(11)17-14(15)18-13/h6,9-10H,2-5,7-8H2,1H3,(H,16,17,18,19). The molecule has 0 aliphatic carbocycles. The van der Waals surface area contributed by atoms with Gasteiger partial charge in [0.1, 0.15) is 5.82 Å². The molecule has 0 spiro atoms. The van der Waals surface area contributed by atoms with Gasteiger partial charge in [0.05, 0.1) is 11.6 Å². The molecule has 0 bridgehead atoms. The van der Waals surface area contributed by atoms with Crippen LogP contribution in [0.1, 0.15) is 26.2 Å². The number of piperazine rings is 1. The summed E-state index contributed by atoms with van der Waals surface area (Å²) in [5, 5.41) is 8.20. The van der Waals surface area contributed by atoms with Crippen molar-refractivity contribution in [2.45, 2.75) is 38.3 Å². The van der Waals surface area contributed by atoms with Crippen LogP contribution in [0, 0.1) is 0 Å². The molecule has 2 aromatic heterocycles. The van der Waals surface area contributed by atoms with Crippen LogP contribution >= 0.6 is 11.6 Å². The molecular formula is C14H19ClN6. The van der Waals surface area contributed by atoms with Gasteiger partial charge in [0.2, 0.25) is 5.28 Å². The third-order valence-corrected chi connectivity index (χ3v) is 4.89. The molecule has 1 N–H and O–H groups in total. The summed E-state index contributed by atoms with van der Waals surface area (Å²) in [5.41, 5.74) is 0.711. The van der Waals surface area contributed by atoms with Crippen molar-refractivity contribution in [3.63, 3.8) is 0 Å². The van der Waals surface area contributed by atoms with Crippen LogP contribution in [0.4, 0.5) is 5.82 Å². The van der Waals surface area contributed by atoms with Crippen molar-refractivity contribution in [2.75, 3.05) is 24.5 Å². The zero-order chi connectivity index (χ0) is 14.4. The van der Waals surface area contributed by atoms with Gasteiger partial charge in [-0.3, -0.25) is 10.00 Å². The molecule has 0 saturated carbocycles. The zero-order valence-corrected chi connectivity index (χ0v) is 12.8. The molecule has 6 nitrogen and oxygen atoms in total. The summed E-state index contributed by atoms with van der Waals surface area (Å²) in [6, 6.07) is 1.05. The van der Waals surface area contributed by atoms with Crippen LogP contribution in [0.2, 0.25) is 5.28 Å². The van der Waals surface area contributed by atoms with E-state index in [1.54, 1.807) is 6.20 Å². The second kappa shape index (κ2) is 5.10. The first kappa shape index (κ1) is 13.3. The van der Waals surface area contributed by atoms with E-state index in [4.69, 9.17) is 11.6 Å². The first-order valence-corrected chi connectivity index (χ1v) is 7.97. The molecule has 2 aromatic rings. The minimum absolute atomic E-state index is 0.278. The van der Waals surface area contributed by atoms with Gasteiger partial charge in [-0.15, -0.1) is 0 Å². The number of hydrogen-bond acceptors (Lipinski definition) is 5. The number of hydrogen-bond donors (Lipinski definition) is 1. The van der Waals surface area contributed by atoms with Gasteiger partial charge in [-0.1, -0.05) is 6.42 Å². The molecule has 2 aliphatic heterocycles. The zero-order valence-electron chi connectivity index (χ0n) is 12.1. The van der Waals surface area contributed by atoms with E-state index in [1.165, 1.54) is 25.8 Å². The summed E-state index contributed by atoms with van der Waals surface area (Å²) < 4.78 is 0. The van der Waals surface area contributed by atoms with Gasteiger partial charge >= 0.3 is 0 Å². The number of aromatic nitrogens is 4. The Morgan fingerprint density at radius 1 is 1.29 bits per heavy atom. The Hall–Kier alpha value is -1.40. The molecule has 2 saturated heterocycles. The lowest BCUT2D eigenvalue weighted by Crippen LogP contribution is -2.59. The number of anilines is 1. The maximum absolute atomic E-state index is 6.08. The Labute approximate surface area is 128 Å². The highest BCUT2D eigenvalue weighted by atomic mass is 35.5. The fourth-order valence-corrected chi connectivity index (χ4v) is 3.82. The van der Waals surface area contributed by atoms with Gasteiger partial charge < -0.3 is 4.90 Å². The van der Waals surface area contributed by atoms with Gasteiger partial charge in [0.15, 0.2) is 5.65 Å². The molecule has 4 heterocycles. The maximum atomic E-state index is 6.08. The van der Waals surface area contributed by atoms with Crippen LogP contribution in [0.15, 0.2) is 6.20 Å². The van der Waals surface area contributed by atoms with Crippen molar-refractivity contribution in [3.8, 4) is 0 Å². The average molecular weight is 307 g/mol. The van der Waals surface area contributed by atoms with E-state index in [-0.39, 0.29) is 5.28 Å². The lowest BCUT2D eigenvalue weighted by Gasteiger charge is -2.48. The van der Waals surface area contributed by atoms with E-state index in [1.807, 2.05) is 0 Å². The Kier molecular flexibility index (Phi) is 3.23. The van der Waals surface area contributed by atoms with Crippen LogP contribution in [-0.2, 0) is 0 Å². The second-order valence-corrected chi connectivity index (χ2v) is 6.43. The third-order valence-electron chi connectivity index (χ3n) is 4.72. The van der Waals surface area contributed by atoms with Gasteiger partial charge in [0, 0.05) is 25.2 Å². The largest absolute Gasteiger partial charge is 0.350 e. The van der Waals surface area contributed by atoms with Crippen molar-refractivity contribution >= 4 is 28.5 Å². The first-order chi connectivity index (χ1) is 10.2. The Morgan fingerprint density at radius 3 is 3.10 bits per heavy atom. The molecule has 0 radical (unpaired) electrons. The topological polar surface area (TPSA) is 60.9 Å². The summed E-state index contributed by atoms with van der Waals surface area (Å²) in [4.78, 5) is 13.7. The third kappa shape index (κ3) is 2.26. The van der Waals surface area contributed by atoms with Crippen LogP contribution in [0.3, 0.4) is 0 Å². The lowest BCUT2D eigenvalue weighted by molar-refractivity contribution is 0.115. The molecule has 0 amide bonds. The number of halogens is 1. The van der Waals surface area contributed by atoms with Crippen molar-refractivity contribution in [2.24, 2.45) is 0 Å². The molecule has 112 valence electrons. The summed E-state index contributed by atoms with van der Waals surface area (Å²) in [6.07, 6.45) is 5.72. The second-order valence-electron chi connectivity index (χ2n) is 6.09. The van der Waals surface area contributed by atoms with Crippen LogP contribution < -0.4 is 4.90 Å². The number of nitrogens with one attached hydrogen (secondary N) is 1. The first-order valence-electron chi connectivity index (χ1n) is 7.59. The van der Waals surface area contributed by atoms with Crippen molar-refractivity contribution in [1.82, 2.24) is 25.1 Å². The smallest absolute Gasteiger partial charge is 0.226 e. The van der Waals surface area contributed by atoms with Crippen molar-refractivity contribution in [1.29, 1.82) is 0 Å². The molecule has 2 aliphatic rings. The number of H-pyrrole nitrogens is 1. The van der Waals surface area contributed by atoms with E-state index in [9.17, 15) is 0 Å². The van der Waals surface area contributed by atoms with E-state index in [0.717, 1.165) is 24.3 Å². The predicted molar refractivity (Wildman–Crippen MR) is 82.7 cm³/mol. The fourth-order valence-electron chi connectivity index (χ4n) is 3.66. The van der Waals surface area contributed by atoms with Crippen LogP contribution in [-0.4, -0.2) is 56.8 Å². The number of piperidine rings is 1. The molecule has 4 rings (SSSR count). The number of rotatable bonds is 1. The average Bonchev–Trinajstić information content (AvgIpc) is 2.94. The van der Waals surface area contributed by atoms with Crippen LogP contribution in [0.25, 0.3) is 11.0 Å². The van der Waals surface area contributed by atoms with E-state index in [0.29, 0.717) is 17.7 Å². The molecule has 2 atom stereocenters.